The molecule has 3 heterocycles. The van der Waals surface area contributed by atoms with E-state index in [1.54, 1.807) is 6.20 Å². The van der Waals surface area contributed by atoms with Crippen molar-refractivity contribution in [2.75, 3.05) is 23.8 Å². The monoisotopic (exact) mass is 505 g/mol. The highest BCUT2D eigenvalue weighted by molar-refractivity contribution is 6.30. The van der Waals surface area contributed by atoms with E-state index in [4.69, 9.17) is 27.1 Å². The molecule has 1 saturated carbocycles. The zero-order chi connectivity index (χ0) is 24.5. The van der Waals surface area contributed by atoms with Crippen molar-refractivity contribution in [3.63, 3.8) is 0 Å². The van der Waals surface area contributed by atoms with Crippen molar-refractivity contribution in [3.05, 3.63) is 35.0 Å². The lowest BCUT2D eigenvalue weighted by molar-refractivity contribution is -0.122. The predicted molar refractivity (Wildman–Crippen MR) is 128 cm³/mol. The van der Waals surface area contributed by atoms with Crippen LogP contribution in [-0.4, -0.2) is 44.7 Å². The molecule has 3 aromatic rings. The highest BCUT2D eigenvalue weighted by Gasteiger charge is 2.30. The summed E-state index contributed by atoms with van der Waals surface area (Å²) in [7, 11) is 0. The quantitative estimate of drug-likeness (QED) is 0.456. The number of ether oxygens (including phenoxy) is 1. The van der Waals surface area contributed by atoms with Crippen LogP contribution in [0.4, 0.5) is 26.4 Å². The Balaban J connectivity index is 1.52. The number of nitrogens with one attached hydrogen (secondary N) is 2. The summed E-state index contributed by atoms with van der Waals surface area (Å²) in [5.41, 5.74) is 6.15. The Kier molecular flexibility index (Phi) is 6.70. The molecule has 0 bridgehead atoms. The smallest absolute Gasteiger partial charge is 0.225 e. The summed E-state index contributed by atoms with van der Waals surface area (Å²) in [5, 5.41) is 6.06. The number of fused-ring (bicyclic) bond motifs is 1. The molecule has 9 nitrogen and oxygen atoms in total. The lowest BCUT2D eigenvalue weighted by Crippen LogP contribution is -2.31. The predicted octanol–water partition coefficient (Wildman–Crippen LogP) is 4.31. The van der Waals surface area contributed by atoms with Gasteiger partial charge in [0.1, 0.15) is 11.2 Å². The van der Waals surface area contributed by atoms with Crippen LogP contribution < -0.4 is 16.4 Å². The lowest BCUT2D eigenvalue weighted by Gasteiger charge is -2.29. The van der Waals surface area contributed by atoms with Crippen LogP contribution in [0.3, 0.4) is 0 Å². The van der Waals surface area contributed by atoms with E-state index in [2.05, 4.69) is 20.6 Å². The number of hydrogen-bond donors (Lipinski definition) is 3. The van der Waals surface area contributed by atoms with Crippen molar-refractivity contribution in [2.45, 2.75) is 50.6 Å². The molecule has 1 aliphatic carbocycles. The molecule has 2 fully saturated rings. The van der Waals surface area contributed by atoms with E-state index in [9.17, 15) is 13.6 Å². The van der Waals surface area contributed by atoms with Gasteiger partial charge in [-0.1, -0.05) is 11.6 Å². The Hall–Kier alpha value is -3.05. The van der Waals surface area contributed by atoms with Gasteiger partial charge in [0.05, 0.1) is 18.8 Å². The van der Waals surface area contributed by atoms with Gasteiger partial charge in [-0.15, -0.1) is 0 Å². The van der Waals surface area contributed by atoms with Crippen LogP contribution in [0.2, 0.25) is 5.02 Å². The molecule has 0 unspecified atom stereocenters. The molecule has 35 heavy (non-hydrogen) atoms. The number of benzene rings is 1. The molecular weight excluding hydrogens is 480 g/mol. The minimum atomic E-state index is -0.836. The summed E-state index contributed by atoms with van der Waals surface area (Å²) in [4.78, 5) is 25.3. The van der Waals surface area contributed by atoms with Gasteiger partial charge >= 0.3 is 0 Å². The maximum absolute atomic E-state index is 14.6. The van der Waals surface area contributed by atoms with Crippen molar-refractivity contribution in [1.82, 2.24) is 19.5 Å². The molecule has 5 rings (SSSR count). The normalized spacial score (nSPS) is 22.8. The van der Waals surface area contributed by atoms with Crippen LogP contribution in [0.25, 0.3) is 11.2 Å². The standard InChI is InChI=1S/C23H26ClF2N7O2/c24-13-8-16(25)19(17(26)9-13)31-23-30-18-10-28-22(29-14-2-1-7-35-11-14)32-21(18)33(23)15-5-3-12(4-6-15)20(27)34/h8-10,12,14-15H,1-7,11H2,(H2,27,34)(H,30,31)(H,28,29,32)/t12-,14-,15+/m0/s1. The molecule has 0 radical (unpaired) electrons. The number of hydrogen-bond acceptors (Lipinski definition) is 7. The number of anilines is 3. The number of aromatic nitrogens is 4. The second-order valence-corrected chi connectivity index (χ2v) is 9.48. The third-order valence-corrected chi connectivity index (χ3v) is 6.85. The summed E-state index contributed by atoms with van der Waals surface area (Å²) in [6.45, 7) is 1.31. The highest BCUT2D eigenvalue weighted by atomic mass is 35.5. The first-order valence-electron chi connectivity index (χ1n) is 11.7. The van der Waals surface area contributed by atoms with Gasteiger partial charge in [-0.2, -0.15) is 4.98 Å². The van der Waals surface area contributed by atoms with Gasteiger partial charge in [0.15, 0.2) is 17.3 Å². The van der Waals surface area contributed by atoms with Crippen LogP contribution in [0.1, 0.15) is 44.6 Å². The Bertz CT molecular complexity index is 1220. The Morgan fingerprint density at radius 2 is 1.89 bits per heavy atom. The summed E-state index contributed by atoms with van der Waals surface area (Å²) in [6, 6.07) is 2.06. The molecule has 1 amide bonds. The second-order valence-electron chi connectivity index (χ2n) is 9.04. The molecule has 0 spiro atoms. The van der Waals surface area contributed by atoms with Crippen LogP contribution in [0.5, 0.6) is 0 Å². The van der Waals surface area contributed by atoms with Gasteiger partial charge in [0.2, 0.25) is 17.8 Å². The summed E-state index contributed by atoms with van der Waals surface area (Å²) in [5.74, 6) is -1.52. The minimum absolute atomic E-state index is 0.0443. The molecule has 12 heteroatoms. The number of imidazole rings is 1. The third kappa shape index (κ3) is 5.01. The SMILES string of the molecule is NC(=O)[C@H]1CC[C@@H](n2c(Nc3c(F)cc(Cl)cc3F)nc3cnc(N[C@H]4CCCOC4)nc32)CC1. The summed E-state index contributed by atoms with van der Waals surface area (Å²) in [6.07, 6.45) is 5.98. The molecule has 1 atom stereocenters. The van der Waals surface area contributed by atoms with Gasteiger partial charge in [0, 0.05) is 23.6 Å². The van der Waals surface area contributed by atoms with E-state index in [-0.39, 0.29) is 40.6 Å². The lowest BCUT2D eigenvalue weighted by atomic mass is 9.85. The molecule has 1 saturated heterocycles. The van der Waals surface area contributed by atoms with Crippen molar-refractivity contribution in [2.24, 2.45) is 11.7 Å². The molecule has 1 aromatic carbocycles. The van der Waals surface area contributed by atoms with Gasteiger partial charge < -0.3 is 21.1 Å². The summed E-state index contributed by atoms with van der Waals surface area (Å²) >= 11 is 5.78. The number of nitrogens with two attached hydrogens (primary N) is 1. The first-order valence-corrected chi connectivity index (χ1v) is 12.1. The molecule has 2 aliphatic rings. The average Bonchev–Trinajstić information content (AvgIpc) is 3.19. The van der Waals surface area contributed by atoms with Crippen molar-refractivity contribution >= 4 is 46.3 Å². The largest absolute Gasteiger partial charge is 0.379 e. The number of nitrogens with zero attached hydrogens (tertiary/aromatic N) is 4. The van der Waals surface area contributed by atoms with Gasteiger partial charge in [-0.05, 0) is 50.7 Å². The number of halogens is 3. The minimum Gasteiger partial charge on any atom is -0.379 e. The van der Waals surface area contributed by atoms with Crippen molar-refractivity contribution in [3.8, 4) is 0 Å². The van der Waals surface area contributed by atoms with Crippen molar-refractivity contribution in [1.29, 1.82) is 0 Å². The van der Waals surface area contributed by atoms with Crippen molar-refractivity contribution < 1.29 is 18.3 Å². The van der Waals surface area contributed by atoms with Gasteiger partial charge in [-0.3, -0.25) is 9.36 Å². The fourth-order valence-electron chi connectivity index (χ4n) is 4.82. The molecule has 4 N–H and O–H groups in total. The third-order valence-electron chi connectivity index (χ3n) is 6.63. The van der Waals surface area contributed by atoms with E-state index < -0.39 is 11.6 Å². The molecule has 2 aromatic heterocycles. The molecule has 186 valence electrons. The zero-order valence-electron chi connectivity index (χ0n) is 18.9. The van der Waals surface area contributed by atoms with E-state index >= 15 is 0 Å². The van der Waals surface area contributed by atoms with E-state index in [1.807, 2.05) is 4.57 Å². The molecule has 1 aliphatic heterocycles. The second kappa shape index (κ2) is 9.90. The Morgan fingerprint density at radius 1 is 1.14 bits per heavy atom. The number of carbonyl (C=O) groups is 1. The fraction of sp³-hybridized carbons (Fsp3) is 0.478. The van der Waals surface area contributed by atoms with E-state index in [0.29, 0.717) is 49.4 Å². The number of carbonyl (C=O) groups excluding carboxylic acids is 1. The van der Waals surface area contributed by atoms with Crippen LogP contribution >= 0.6 is 11.6 Å². The Labute approximate surface area is 205 Å². The average molecular weight is 506 g/mol. The van der Waals surface area contributed by atoms with Crippen LogP contribution in [-0.2, 0) is 9.53 Å². The summed E-state index contributed by atoms with van der Waals surface area (Å²) < 4.78 is 36.5. The first-order chi connectivity index (χ1) is 16.9. The topological polar surface area (TPSA) is 120 Å². The van der Waals surface area contributed by atoms with Gasteiger partial charge in [-0.25, -0.2) is 18.7 Å². The van der Waals surface area contributed by atoms with E-state index in [0.717, 1.165) is 31.6 Å². The Morgan fingerprint density at radius 3 is 2.54 bits per heavy atom. The number of rotatable bonds is 6. The number of amides is 1. The maximum Gasteiger partial charge on any atom is 0.225 e. The van der Waals surface area contributed by atoms with E-state index in [1.165, 1.54) is 0 Å². The van der Waals surface area contributed by atoms with Crippen LogP contribution in [0, 0.1) is 17.6 Å². The maximum atomic E-state index is 14.6. The molecular formula is C23H26ClF2N7O2. The van der Waals surface area contributed by atoms with Gasteiger partial charge in [0.25, 0.3) is 0 Å². The number of primary amides is 1. The zero-order valence-corrected chi connectivity index (χ0v) is 19.7. The van der Waals surface area contributed by atoms with Crippen LogP contribution in [0.15, 0.2) is 18.3 Å². The first kappa shape index (κ1) is 23.7. The highest BCUT2D eigenvalue weighted by Crippen LogP contribution is 2.37. The fourth-order valence-corrected chi connectivity index (χ4v) is 5.02.